The molecule has 0 saturated heterocycles. The fourth-order valence-corrected chi connectivity index (χ4v) is 4.09. The Hall–Kier alpha value is -3.13. The van der Waals surface area contributed by atoms with Gasteiger partial charge in [0.25, 0.3) is 5.91 Å². The van der Waals surface area contributed by atoms with Crippen LogP contribution in [0.5, 0.6) is 0 Å². The molecule has 3 N–H and O–H groups in total. The molecule has 2 aromatic rings. The van der Waals surface area contributed by atoms with E-state index in [2.05, 4.69) is 20.9 Å². The van der Waals surface area contributed by atoms with E-state index in [4.69, 9.17) is 4.42 Å². The molecule has 0 radical (unpaired) electrons. The van der Waals surface area contributed by atoms with E-state index in [-0.39, 0.29) is 24.3 Å². The van der Waals surface area contributed by atoms with Gasteiger partial charge in [0.05, 0.1) is 12.8 Å². The van der Waals surface area contributed by atoms with Crippen LogP contribution >= 0.6 is 0 Å². The van der Waals surface area contributed by atoms with Crippen LogP contribution in [0.15, 0.2) is 47.1 Å². The Morgan fingerprint density at radius 3 is 2.30 bits per heavy atom. The molecule has 8 heteroatoms. The van der Waals surface area contributed by atoms with Gasteiger partial charge in [0, 0.05) is 37.2 Å². The molecule has 2 aliphatic rings. The van der Waals surface area contributed by atoms with Crippen LogP contribution in [0.3, 0.4) is 0 Å². The van der Waals surface area contributed by atoms with Gasteiger partial charge < -0.3 is 15.1 Å². The van der Waals surface area contributed by atoms with Crippen molar-refractivity contribution in [3.8, 4) is 0 Å². The number of nitrogens with zero attached hydrogens (tertiary/aromatic N) is 1. The van der Waals surface area contributed by atoms with E-state index in [1.165, 1.54) is 0 Å². The van der Waals surface area contributed by atoms with Gasteiger partial charge in [-0.1, -0.05) is 25.0 Å². The Morgan fingerprint density at radius 2 is 1.64 bits per heavy atom. The highest BCUT2D eigenvalue weighted by Gasteiger charge is 2.24. The van der Waals surface area contributed by atoms with Crippen molar-refractivity contribution in [2.75, 3.05) is 6.54 Å². The minimum Gasteiger partial charge on any atom is -0.468 e. The zero-order valence-corrected chi connectivity index (χ0v) is 18.8. The first-order valence-electron chi connectivity index (χ1n) is 11.8. The Kier molecular flexibility index (Phi) is 7.78. The highest BCUT2D eigenvalue weighted by Crippen LogP contribution is 2.20. The maximum Gasteiger partial charge on any atom is 0.321 e. The molecule has 2 aliphatic carbocycles. The number of hydrogen-bond donors (Lipinski definition) is 3. The van der Waals surface area contributed by atoms with Crippen LogP contribution in [0.1, 0.15) is 66.6 Å². The molecule has 0 unspecified atom stereocenters. The summed E-state index contributed by atoms with van der Waals surface area (Å²) in [6.07, 6.45) is 8.11. The molecule has 33 heavy (non-hydrogen) atoms. The van der Waals surface area contributed by atoms with E-state index in [0.29, 0.717) is 31.2 Å². The fourth-order valence-electron chi connectivity index (χ4n) is 4.09. The third kappa shape index (κ3) is 7.46. The van der Waals surface area contributed by atoms with Crippen LogP contribution in [0.2, 0.25) is 0 Å². The number of carbonyl (C=O) groups is 3. The lowest BCUT2D eigenvalue weighted by atomic mass is 10.1. The van der Waals surface area contributed by atoms with Crippen LogP contribution in [0.25, 0.3) is 0 Å². The molecule has 0 atom stereocenters. The number of urea groups is 1. The molecule has 0 bridgehead atoms. The summed E-state index contributed by atoms with van der Waals surface area (Å²) in [5.41, 5.74) is 1.68. The van der Waals surface area contributed by atoms with E-state index in [0.717, 1.165) is 49.8 Å². The summed E-state index contributed by atoms with van der Waals surface area (Å²) < 4.78 is 5.48. The monoisotopic (exact) mass is 452 g/mol. The number of imide groups is 1. The molecule has 4 amide bonds. The van der Waals surface area contributed by atoms with Gasteiger partial charge in [-0.15, -0.1) is 0 Å². The number of nitrogens with one attached hydrogen (secondary N) is 3. The maximum absolute atomic E-state index is 12.3. The van der Waals surface area contributed by atoms with Gasteiger partial charge in [-0.2, -0.15) is 0 Å². The van der Waals surface area contributed by atoms with Gasteiger partial charge in [-0.05, 0) is 55.5 Å². The number of amides is 4. The number of rotatable bonds is 10. The van der Waals surface area contributed by atoms with Gasteiger partial charge in [-0.25, -0.2) is 4.79 Å². The molecule has 176 valence electrons. The third-order valence-corrected chi connectivity index (χ3v) is 6.09. The first-order chi connectivity index (χ1) is 16.0. The molecular weight excluding hydrogens is 420 g/mol. The van der Waals surface area contributed by atoms with E-state index in [9.17, 15) is 14.4 Å². The predicted octanol–water partition coefficient (Wildman–Crippen LogP) is 3.33. The van der Waals surface area contributed by atoms with Crippen LogP contribution < -0.4 is 16.0 Å². The standard InChI is InChI=1S/C25H32N4O4/c30-23(28-25(32)27-20-4-1-2-5-20)13-14-29(17-22-6-3-15-33-22)16-18-7-9-19(10-8-18)24(31)26-21-11-12-21/h3,6-10,15,20-21H,1-2,4-5,11-14,16-17H2,(H,26,31)(H2,27,28,30,32). The average molecular weight is 453 g/mol. The second-order valence-electron chi connectivity index (χ2n) is 8.99. The van der Waals surface area contributed by atoms with Crippen LogP contribution in [0, 0.1) is 0 Å². The second kappa shape index (κ2) is 11.1. The lowest BCUT2D eigenvalue weighted by Gasteiger charge is -2.21. The van der Waals surface area contributed by atoms with Crippen molar-refractivity contribution in [3.63, 3.8) is 0 Å². The lowest BCUT2D eigenvalue weighted by molar-refractivity contribution is -0.120. The van der Waals surface area contributed by atoms with Gasteiger partial charge in [0.2, 0.25) is 5.91 Å². The first kappa shape index (κ1) is 23.0. The normalized spacial score (nSPS) is 16.0. The molecule has 0 spiro atoms. The molecule has 1 aromatic carbocycles. The summed E-state index contributed by atoms with van der Waals surface area (Å²) in [5.74, 6) is 0.459. The van der Waals surface area contributed by atoms with E-state index in [1.807, 2.05) is 36.4 Å². The van der Waals surface area contributed by atoms with E-state index < -0.39 is 6.03 Å². The molecule has 4 rings (SSSR count). The molecule has 1 heterocycles. The predicted molar refractivity (Wildman–Crippen MR) is 123 cm³/mol. The van der Waals surface area contributed by atoms with Crippen molar-refractivity contribution in [2.24, 2.45) is 0 Å². The summed E-state index contributed by atoms with van der Waals surface area (Å²) in [5, 5.41) is 8.31. The quantitative estimate of drug-likeness (QED) is 0.513. The molecular formula is C25H32N4O4. The summed E-state index contributed by atoms with van der Waals surface area (Å²) in [4.78, 5) is 38.7. The highest BCUT2D eigenvalue weighted by molar-refractivity contribution is 5.95. The maximum atomic E-state index is 12.3. The van der Waals surface area contributed by atoms with Gasteiger partial charge >= 0.3 is 6.03 Å². The molecule has 0 aliphatic heterocycles. The second-order valence-corrected chi connectivity index (χ2v) is 8.99. The summed E-state index contributed by atoms with van der Waals surface area (Å²) in [6.45, 7) is 1.60. The van der Waals surface area contributed by atoms with Crippen molar-refractivity contribution in [1.29, 1.82) is 0 Å². The van der Waals surface area contributed by atoms with E-state index >= 15 is 0 Å². The topological polar surface area (TPSA) is 104 Å². The van der Waals surface area contributed by atoms with Gasteiger partial charge in [0.15, 0.2) is 0 Å². The van der Waals surface area contributed by atoms with Gasteiger partial charge in [0.1, 0.15) is 5.76 Å². The zero-order chi connectivity index (χ0) is 23.0. The number of furan rings is 1. The molecule has 8 nitrogen and oxygen atoms in total. The minimum absolute atomic E-state index is 0.0379. The SMILES string of the molecule is O=C(CCN(Cc1ccc(C(=O)NC2CC2)cc1)Cc1ccco1)NC(=O)NC1CCCC1. The van der Waals surface area contributed by atoms with Crippen molar-refractivity contribution in [3.05, 3.63) is 59.5 Å². The van der Waals surface area contributed by atoms with Crippen LogP contribution in [-0.4, -0.2) is 41.4 Å². The van der Waals surface area contributed by atoms with E-state index in [1.54, 1.807) is 6.26 Å². The lowest BCUT2D eigenvalue weighted by Crippen LogP contribution is -2.44. The summed E-state index contributed by atoms with van der Waals surface area (Å²) >= 11 is 0. The third-order valence-electron chi connectivity index (χ3n) is 6.09. The first-order valence-corrected chi connectivity index (χ1v) is 11.8. The van der Waals surface area contributed by atoms with Crippen LogP contribution in [0.4, 0.5) is 4.79 Å². The Morgan fingerprint density at radius 1 is 0.909 bits per heavy atom. The Bertz CT molecular complexity index is 932. The number of benzene rings is 1. The van der Waals surface area contributed by atoms with Crippen molar-refractivity contribution in [2.45, 2.75) is 70.1 Å². The highest BCUT2D eigenvalue weighted by atomic mass is 16.3. The molecule has 1 aromatic heterocycles. The summed E-state index contributed by atoms with van der Waals surface area (Å²) in [6, 6.07) is 11.3. The average Bonchev–Trinajstić information content (AvgIpc) is 3.22. The largest absolute Gasteiger partial charge is 0.468 e. The molecule has 2 saturated carbocycles. The van der Waals surface area contributed by atoms with Crippen LogP contribution in [-0.2, 0) is 17.9 Å². The number of hydrogen-bond acceptors (Lipinski definition) is 5. The number of carbonyl (C=O) groups excluding carboxylic acids is 3. The smallest absolute Gasteiger partial charge is 0.321 e. The zero-order valence-electron chi connectivity index (χ0n) is 18.8. The molecule has 2 fully saturated rings. The van der Waals surface area contributed by atoms with Crippen molar-refractivity contribution >= 4 is 17.8 Å². The Labute approximate surface area is 194 Å². The van der Waals surface area contributed by atoms with Gasteiger partial charge in [-0.3, -0.25) is 19.8 Å². The van der Waals surface area contributed by atoms with Crippen molar-refractivity contribution in [1.82, 2.24) is 20.9 Å². The van der Waals surface area contributed by atoms with Crippen molar-refractivity contribution < 1.29 is 18.8 Å². The minimum atomic E-state index is -0.412. The Balaban J connectivity index is 1.29. The summed E-state index contributed by atoms with van der Waals surface area (Å²) in [7, 11) is 0. The fraction of sp³-hybridized carbons (Fsp3) is 0.480.